The van der Waals surface area contributed by atoms with Crippen molar-refractivity contribution in [3.8, 4) is 0 Å². The highest BCUT2D eigenvalue weighted by Crippen LogP contribution is 2.34. The first-order chi connectivity index (χ1) is 9.86. The van der Waals surface area contributed by atoms with Crippen LogP contribution >= 0.6 is 0 Å². The van der Waals surface area contributed by atoms with Gasteiger partial charge in [-0.05, 0) is 38.8 Å². The van der Waals surface area contributed by atoms with Crippen molar-refractivity contribution >= 4 is 11.9 Å². The summed E-state index contributed by atoms with van der Waals surface area (Å²) < 4.78 is 0. The van der Waals surface area contributed by atoms with Gasteiger partial charge in [-0.15, -0.1) is 0 Å². The zero-order chi connectivity index (χ0) is 15.6. The molecule has 0 bridgehead atoms. The molecule has 0 spiro atoms. The molecule has 0 aliphatic heterocycles. The first kappa shape index (κ1) is 15.5. The van der Waals surface area contributed by atoms with Crippen LogP contribution in [0, 0.1) is 13.8 Å². The Morgan fingerprint density at radius 2 is 1.57 bits per heavy atom. The highest BCUT2D eigenvalue weighted by atomic mass is 16.4. The first-order valence-electron chi connectivity index (χ1n) is 7.47. The van der Waals surface area contributed by atoms with Crippen LogP contribution in [0.3, 0.4) is 0 Å². The number of hydrogen-bond acceptors (Lipinski definition) is 2. The number of nitrogens with zero attached hydrogens (tertiary/aromatic N) is 1. The maximum absolute atomic E-state index is 12.7. The van der Waals surface area contributed by atoms with Gasteiger partial charge in [-0.1, -0.05) is 36.5 Å². The van der Waals surface area contributed by atoms with Crippen molar-refractivity contribution in [2.24, 2.45) is 0 Å². The summed E-state index contributed by atoms with van der Waals surface area (Å²) >= 11 is 0. The van der Waals surface area contributed by atoms with E-state index in [2.05, 4.69) is 0 Å². The average Bonchev–Trinajstić information content (AvgIpc) is 2.45. The van der Waals surface area contributed by atoms with Crippen LogP contribution in [0.1, 0.15) is 53.6 Å². The predicted molar refractivity (Wildman–Crippen MR) is 81.5 cm³/mol. The molecule has 1 fully saturated rings. The maximum atomic E-state index is 12.7. The smallest absolute Gasteiger partial charge is 0.329 e. The molecule has 4 heteroatoms. The summed E-state index contributed by atoms with van der Waals surface area (Å²) in [7, 11) is 1.62. The molecule has 2 rings (SSSR count). The topological polar surface area (TPSA) is 57.6 Å². The summed E-state index contributed by atoms with van der Waals surface area (Å²) in [5.74, 6) is -1.09. The number of hydrogen-bond donors (Lipinski definition) is 1. The quantitative estimate of drug-likeness (QED) is 0.930. The molecule has 0 radical (unpaired) electrons. The van der Waals surface area contributed by atoms with Crippen molar-refractivity contribution in [2.75, 3.05) is 7.05 Å². The lowest BCUT2D eigenvalue weighted by atomic mass is 9.80. The molecule has 0 unspecified atom stereocenters. The van der Waals surface area contributed by atoms with Crippen LogP contribution < -0.4 is 0 Å². The molecular weight excluding hydrogens is 266 g/mol. The van der Waals surface area contributed by atoms with Crippen molar-refractivity contribution in [1.29, 1.82) is 0 Å². The number of likely N-dealkylation sites (N-methyl/N-ethyl adjacent to an activating group) is 1. The van der Waals surface area contributed by atoms with Gasteiger partial charge in [0.2, 0.25) is 0 Å². The zero-order valence-electron chi connectivity index (χ0n) is 13.0. The van der Waals surface area contributed by atoms with E-state index in [9.17, 15) is 14.7 Å². The number of aliphatic carboxylic acids is 1. The van der Waals surface area contributed by atoms with E-state index < -0.39 is 11.5 Å². The molecule has 114 valence electrons. The van der Waals surface area contributed by atoms with Crippen LogP contribution in [-0.4, -0.2) is 34.5 Å². The third-order valence-electron chi connectivity index (χ3n) is 4.49. The third kappa shape index (κ3) is 2.94. The Labute approximate surface area is 125 Å². The van der Waals surface area contributed by atoms with E-state index in [1.807, 2.05) is 32.0 Å². The summed E-state index contributed by atoms with van der Waals surface area (Å²) in [6.07, 6.45) is 3.83. The van der Waals surface area contributed by atoms with Crippen molar-refractivity contribution in [2.45, 2.75) is 51.5 Å². The van der Waals surface area contributed by atoms with Crippen molar-refractivity contribution in [3.63, 3.8) is 0 Å². The molecule has 1 saturated carbocycles. The number of carboxylic acid groups (broad SMARTS) is 1. The zero-order valence-corrected chi connectivity index (χ0v) is 13.0. The van der Waals surface area contributed by atoms with Crippen LogP contribution in [0.2, 0.25) is 0 Å². The standard InChI is InChI=1S/C17H23NO3/c1-12-9-13(2)11-14(10-12)15(19)18(3)17(16(20)21)7-5-4-6-8-17/h9-11H,4-8H2,1-3H3,(H,20,21). The SMILES string of the molecule is Cc1cc(C)cc(C(=O)N(C)C2(C(=O)O)CCCCC2)c1. The van der Waals surface area contributed by atoms with Crippen LogP contribution in [-0.2, 0) is 4.79 Å². The van der Waals surface area contributed by atoms with E-state index >= 15 is 0 Å². The molecule has 1 amide bonds. The predicted octanol–water partition coefficient (Wildman–Crippen LogP) is 3.16. The van der Waals surface area contributed by atoms with E-state index in [1.54, 1.807) is 7.05 Å². The van der Waals surface area contributed by atoms with Gasteiger partial charge >= 0.3 is 5.97 Å². The Bertz CT molecular complexity index is 539. The molecule has 1 aromatic carbocycles. The van der Waals surface area contributed by atoms with E-state index in [1.165, 1.54) is 4.90 Å². The summed E-state index contributed by atoms with van der Waals surface area (Å²) in [5.41, 5.74) is 1.55. The number of carboxylic acids is 1. The van der Waals surface area contributed by atoms with E-state index in [-0.39, 0.29) is 5.91 Å². The van der Waals surface area contributed by atoms with Gasteiger partial charge in [-0.25, -0.2) is 4.79 Å². The van der Waals surface area contributed by atoms with Crippen molar-refractivity contribution < 1.29 is 14.7 Å². The van der Waals surface area contributed by atoms with Gasteiger partial charge in [0.25, 0.3) is 5.91 Å². The van der Waals surface area contributed by atoms with Crippen LogP contribution in [0.5, 0.6) is 0 Å². The average molecular weight is 289 g/mol. The minimum atomic E-state index is -1.05. The number of rotatable bonds is 3. The Morgan fingerprint density at radius 1 is 1.05 bits per heavy atom. The van der Waals surface area contributed by atoms with Crippen LogP contribution in [0.25, 0.3) is 0 Å². The van der Waals surface area contributed by atoms with E-state index in [0.717, 1.165) is 30.4 Å². The minimum absolute atomic E-state index is 0.203. The molecule has 1 aliphatic carbocycles. The van der Waals surface area contributed by atoms with Gasteiger partial charge in [0.15, 0.2) is 0 Å². The minimum Gasteiger partial charge on any atom is -0.479 e. The summed E-state index contributed by atoms with van der Waals surface area (Å²) in [4.78, 5) is 26.0. The second-order valence-electron chi connectivity index (χ2n) is 6.14. The highest BCUT2D eigenvalue weighted by Gasteiger charge is 2.45. The second kappa shape index (κ2) is 5.88. The lowest BCUT2D eigenvalue weighted by Gasteiger charge is -2.41. The van der Waals surface area contributed by atoms with Gasteiger partial charge in [-0.3, -0.25) is 4.79 Å². The number of amides is 1. The number of carbonyl (C=O) groups is 2. The van der Waals surface area contributed by atoms with E-state index in [0.29, 0.717) is 18.4 Å². The van der Waals surface area contributed by atoms with Gasteiger partial charge in [0, 0.05) is 12.6 Å². The Balaban J connectivity index is 2.34. The van der Waals surface area contributed by atoms with Crippen LogP contribution in [0.4, 0.5) is 0 Å². The lowest BCUT2D eigenvalue weighted by molar-refractivity contribution is -0.151. The van der Waals surface area contributed by atoms with Gasteiger partial charge in [0.1, 0.15) is 5.54 Å². The first-order valence-corrected chi connectivity index (χ1v) is 7.47. The largest absolute Gasteiger partial charge is 0.479 e. The molecule has 0 aromatic heterocycles. The molecule has 0 heterocycles. The van der Waals surface area contributed by atoms with E-state index in [4.69, 9.17) is 0 Å². The lowest BCUT2D eigenvalue weighted by Crippen LogP contribution is -2.56. The summed E-state index contributed by atoms with van der Waals surface area (Å²) in [5, 5.41) is 9.67. The molecule has 1 aliphatic rings. The molecule has 1 N–H and O–H groups in total. The Hall–Kier alpha value is -1.84. The van der Waals surface area contributed by atoms with Gasteiger partial charge in [-0.2, -0.15) is 0 Å². The maximum Gasteiger partial charge on any atom is 0.329 e. The Kier molecular flexibility index (Phi) is 4.35. The number of carbonyl (C=O) groups excluding carboxylic acids is 1. The molecule has 0 saturated heterocycles. The van der Waals surface area contributed by atoms with Crippen LogP contribution in [0.15, 0.2) is 18.2 Å². The molecule has 1 aromatic rings. The number of benzene rings is 1. The molecule has 21 heavy (non-hydrogen) atoms. The summed E-state index contributed by atoms with van der Waals surface area (Å²) in [6.45, 7) is 3.88. The third-order valence-corrected chi connectivity index (χ3v) is 4.49. The fraction of sp³-hybridized carbons (Fsp3) is 0.529. The van der Waals surface area contributed by atoms with Gasteiger partial charge in [0.05, 0.1) is 0 Å². The van der Waals surface area contributed by atoms with Gasteiger partial charge < -0.3 is 10.0 Å². The molecule has 0 atom stereocenters. The fourth-order valence-electron chi connectivity index (χ4n) is 3.32. The second-order valence-corrected chi connectivity index (χ2v) is 6.14. The van der Waals surface area contributed by atoms with Crippen molar-refractivity contribution in [3.05, 3.63) is 34.9 Å². The highest BCUT2D eigenvalue weighted by molar-refractivity contribution is 5.98. The molecule has 4 nitrogen and oxygen atoms in total. The normalized spacial score (nSPS) is 17.3. The Morgan fingerprint density at radius 3 is 2.05 bits per heavy atom. The fourth-order valence-corrected chi connectivity index (χ4v) is 3.32. The van der Waals surface area contributed by atoms with Crippen molar-refractivity contribution in [1.82, 2.24) is 4.90 Å². The number of aryl methyl sites for hydroxylation is 2. The monoisotopic (exact) mass is 289 g/mol. The summed E-state index contributed by atoms with van der Waals surface area (Å²) in [6, 6.07) is 5.65. The molecular formula is C17H23NO3.